The van der Waals surface area contributed by atoms with E-state index in [1.54, 1.807) is 14.2 Å². The molecule has 0 atom stereocenters. The Bertz CT molecular complexity index is 1060. The van der Waals surface area contributed by atoms with E-state index in [1.165, 1.54) is 16.7 Å². The summed E-state index contributed by atoms with van der Waals surface area (Å²) in [7, 11) is 3.51. The van der Waals surface area contributed by atoms with Gasteiger partial charge in [-0.3, -0.25) is 4.99 Å². The van der Waals surface area contributed by atoms with Crippen molar-refractivity contribution in [3.05, 3.63) is 89.0 Å². The van der Waals surface area contributed by atoms with Crippen LogP contribution in [-0.4, -0.2) is 25.7 Å². The van der Waals surface area contributed by atoms with Crippen LogP contribution in [0, 0.1) is 6.92 Å². The Labute approximate surface area is 173 Å². The monoisotopic (exact) mass is 384 g/mol. The number of nitrogens with zero attached hydrogens (tertiary/aromatic N) is 2. The van der Waals surface area contributed by atoms with Crippen LogP contribution < -0.4 is 4.74 Å². The summed E-state index contributed by atoms with van der Waals surface area (Å²) in [5.74, 6) is 1.65. The summed E-state index contributed by atoms with van der Waals surface area (Å²) in [5.41, 5.74) is 7.85. The highest BCUT2D eigenvalue weighted by atomic mass is 16.5. The SMILES string of the molecule is CCc1ccccc1C(N=C(C)c1ccc(-c2ccccc2OC)c(C)c1)=NC. The third-order valence-corrected chi connectivity index (χ3v) is 5.17. The van der Waals surface area contributed by atoms with Gasteiger partial charge < -0.3 is 4.74 Å². The zero-order valence-electron chi connectivity index (χ0n) is 17.9. The molecule has 0 fully saturated rings. The Morgan fingerprint density at radius 3 is 2.34 bits per heavy atom. The molecule has 0 saturated heterocycles. The van der Waals surface area contributed by atoms with Crippen LogP contribution in [0.25, 0.3) is 11.1 Å². The smallest absolute Gasteiger partial charge is 0.154 e. The summed E-state index contributed by atoms with van der Waals surface area (Å²) in [5, 5.41) is 0. The Morgan fingerprint density at radius 1 is 0.931 bits per heavy atom. The standard InChI is InChI=1S/C26H28N2O/c1-6-20-11-7-8-12-23(20)26(27-4)28-19(3)21-15-16-22(18(2)17-21)24-13-9-10-14-25(24)29-5/h7-17H,6H2,1-5H3. The van der Waals surface area contributed by atoms with Crippen molar-refractivity contribution in [2.24, 2.45) is 9.98 Å². The van der Waals surface area contributed by atoms with Crippen molar-refractivity contribution in [3.63, 3.8) is 0 Å². The van der Waals surface area contributed by atoms with Gasteiger partial charge in [-0.05, 0) is 54.7 Å². The average molecular weight is 385 g/mol. The fourth-order valence-electron chi connectivity index (χ4n) is 3.56. The van der Waals surface area contributed by atoms with E-state index in [4.69, 9.17) is 9.73 Å². The minimum atomic E-state index is 0.770. The molecule has 3 aromatic carbocycles. The van der Waals surface area contributed by atoms with E-state index >= 15 is 0 Å². The van der Waals surface area contributed by atoms with Crippen LogP contribution in [0.2, 0.25) is 0 Å². The van der Waals surface area contributed by atoms with Crippen LogP contribution in [0.15, 0.2) is 76.7 Å². The first-order valence-corrected chi connectivity index (χ1v) is 9.93. The Hall–Kier alpha value is -3.20. The molecule has 0 aromatic heterocycles. The van der Waals surface area contributed by atoms with Crippen LogP contribution in [0.1, 0.15) is 36.1 Å². The van der Waals surface area contributed by atoms with E-state index in [0.29, 0.717) is 0 Å². The summed E-state index contributed by atoms with van der Waals surface area (Å²) < 4.78 is 5.53. The van der Waals surface area contributed by atoms with Crippen molar-refractivity contribution in [1.29, 1.82) is 0 Å². The lowest BCUT2D eigenvalue weighted by molar-refractivity contribution is 0.416. The fourth-order valence-corrected chi connectivity index (χ4v) is 3.56. The van der Waals surface area contributed by atoms with Gasteiger partial charge in [-0.2, -0.15) is 0 Å². The second-order valence-electron chi connectivity index (χ2n) is 6.99. The molecule has 0 aliphatic carbocycles. The number of amidine groups is 1. The number of aryl methyl sites for hydroxylation is 2. The molecule has 0 amide bonds. The molecule has 29 heavy (non-hydrogen) atoms. The summed E-state index contributed by atoms with van der Waals surface area (Å²) in [4.78, 5) is 9.32. The molecule has 0 N–H and O–H groups in total. The van der Waals surface area contributed by atoms with Crippen LogP contribution in [0.5, 0.6) is 5.75 Å². The van der Waals surface area contributed by atoms with Gasteiger partial charge in [-0.15, -0.1) is 0 Å². The lowest BCUT2D eigenvalue weighted by Crippen LogP contribution is -2.06. The lowest BCUT2D eigenvalue weighted by atomic mass is 9.96. The molecule has 0 spiro atoms. The number of rotatable bonds is 5. The molecule has 0 bridgehead atoms. The van der Waals surface area contributed by atoms with E-state index in [9.17, 15) is 0 Å². The van der Waals surface area contributed by atoms with Gasteiger partial charge in [0.25, 0.3) is 0 Å². The van der Waals surface area contributed by atoms with Crippen molar-refractivity contribution in [2.45, 2.75) is 27.2 Å². The topological polar surface area (TPSA) is 34.0 Å². The number of methoxy groups -OCH3 is 1. The molecule has 3 aromatic rings. The maximum absolute atomic E-state index is 5.53. The van der Waals surface area contributed by atoms with E-state index in [-0.39, 0.29) is 0 Å². The maximum atomic E-state index is 5.53. The predicted molar refractivity (Wildman–Crippen MR) is 124 cm³/mol. The van der Waals surface area contributed by atoms with E-state index in [1.807, 2.05) is 31.2 Å². The summed E-state index contributed by atoms with van der Waals surface area (Å²) >= 11 is 0. The van der Waals surface area contributed by atoms with Gasteiger partial charge in [-0.1, -0.05) is 61.5 Å². The molecule has 0 unspecified atom stereocenters. The first-order chi connectivity index (χ1) is 14.1. The van der Waals surface area contributed by atoms with Crippen molar-refractivity contribution in [3.8, 4) is 16.9 Å². The fraction of sp³-hybridized carbons (Fsp3) is 0.231. The Balaban J connectivity index is 1.97. The number of para-hydroxylation sites is 1. The van der Waals surface area contributed by atoms with Crippen molar-refractivity contribution >= 4 is 11.5 Å². The molecule has 148 valence electrons. The first-order valence-electron chi connectivity index (χ1n) is 9.93. The summed E-state index contributed by atoms with van der Waals surface area (Å²) in [6.45, 7) is 6.32. The molecule has 3 nitrogen and oxygen atoms in total. The highest BCUT2D eigenvalue weighted by Gasteiger charge is 2.11. The van der Waals surface area contributed by atoms with Gasteiger partial charge in [0, 0.05) is 23.9 Å². The van der Waals surface area contributed by atoms with Crippen LogP contribution >= 0.6 is 0 Å². The second kappa shape index (κ2) is 9.33. The first kappa shape index (κ1) is 20.5. The van der Waals surface area contributed by atoms with Crippen LogP contribution in [0.4, 0.5) is 0 Å². The van der Waals surface area contributed by atoms with E-state index < -0.39 is 0 Å². The molecule has 3 rings (SSSR count). The molecule has 0 saturated carbocycles. The van der Waals surface area contributed by atoms with Gasteiger partial charge in [0.05, 0.1) is 7.11 Å². The largest absolute Gasteiger partial charge is 0.496 e. The van der Waals surface area contributed by atoms with Crippen molar-refractivity contribution in [2.75, 3.05) is 14.2 Å². The lowest BCUT2D eigenvalue weighted by Gasteiger charge is -2.13. The van der Waals surface area contributed by atoms with E-state index in [2.05, 4.69) is 61.3 Å². The van der Waals surface area contributed by atoms with Crippen LogP contribution in [-0.2, 0) is 6.42 Å². The van der Waals surface area contributed by atoms with Gasteiger partial charge in [-0.25, -0.2) is 4.99 Å². The number of hydrogen-bond donors (Lipinski definition) is 0. The molecule has 0 aliphatic heterocycles. The van der Waals surface area contributed by atoms with Crippen molar-refractivity contribution < 1.29 is 4.74 Å². The highest BCUT2D eigenvalue weighted by Crippen LogP contribution is 2.32. The summed E-state index contributed by atoms with van der Waals surface area (Å²) in [6, 6.07) is 22.9. The number of hydrogen-bond acceptors (Lipinski definition) is 2. The normalized spacial score (nSPS) is 12.2. The van der Waals surface area contributed by atoms with Gasteiger partial charge in [0.1, 0.15) is 5.75 Å². The van der Waals surface area contributed by atoms with Gasteiger partial charge in [0.15, 0.2) is 5.84 Å². The minimum absolute atomic E-state index is 0.770. The molecular weight excluding hydrogens is 356 g/mol. The quantitative estimate of drug-likeness (QED) is 0.385. The highest BCUT2D eigenvalue weighted by molar-refractivity contribution is 6.12. The average Bonchev–Trinajstić information content (AvgIpc) is 2.77. The second-order valence-corrected chi connectivity index (χ2v) is 6.99. The molecule has 0 heterocycles. The van der Waals surface area contributed by atoms with E-state index in [0.717, 1.165) is 40.4 Å². The molecule has 0 aliphatic rings. The number of aliphatic imine (C=N–C) groups is 2. The van der Waals surface area contributed by atoms with Gasteiger partial charge >= 0.3 is 0 Å². The van der Waals surface area contributed by atoms with Gasteiger partial charge in [0.2, 0.25) is 0 Å². The van der Waals surface area contributed by atoms with Crippen LogP contribution in [0.3, 0.4) is 0 Å². The number of benzene rings is 3. The predicted octanol–water partition coefficient (Wildman–Crippen LogP) is 6.12. The molecule has 0 radical (unpaired) electrons. The Morgan fingerprint density at radius 2 is 1.66 bits per heavy atom. The minimum Gasteiger partial charge on any atom is -0.496 e. The third-order valence-electron chi connectivity index (χ3n) is 5.17. The molecule has 3 heteroatoms. The summed E-state index contributed by atoms with van der Waals surface area (Å²) in [6.07, 6.45) is 0.955. The maximum Gasteiger partial charge on any atom is 0.154 e. The number of ether oxygens (including phenoxy) is 1. The molecular formula is C26H28N2O. The Kier molecular flexibility index (Phi) is 6.61. The zero-order chi connectivity index (χ0) is 20.8. The zero-order valence-corrected chi connectivity index (χ0v) is 17.9. The third kappa shape index (κ3) is 4.45. The van der Waals surface area contributed by atoms with Crippen molar-refractivity contribution in [1.82, 2.24) is 0 Å².